The third-order valence-electron chi connectivity index (χ3n) is 3.72. The highest BCUT2D eigenvalue weighted by atomic mass is 127. The van der Waals surface area contributed by atoms with E-state index in [0.717, 1.165) is 4.90 Å². The maximum Gasteiger partial charge on any atom is 0.266 e. The van der Waals surface area contributed by atoms with Gasteiger partial charge in [0, 0.05) is 6.42 Å². The number of carbonyl (C=O) groups is 4. The smallest absolute Gasteiger partial charge is 0.266 e. The van der Waals surface area contributed by atoms with Gasteiger partial charge in [0.25, 0.3) is 11.8 Å². The van der Waals surface area contributed by atoms with Crippen molar-refractivity contribution in [1.29, 1.82) is 0 Å². The van der Waals surface area contributed by atoms with E-state index < -0.39 is 29.7 Å². The van der Waals surface area contributed by atoms with Gasteiger partial charge in [-0.2, -0.15) is 0 Å². The van der Waals surface area contributed by atoms with Crippen molar-refractivity contribution in [2.24, 2.45) is 0 Å². The SMILES string of the molecule is CC(I)Oc1cccc2c1C(=O)N(C1CCC(=O)NC1=O)C2=O. The molecule has 1 N–H and O–H groups in total. The molecule has 0 aromatic heterocycles. The van der Waals surface area contributed by atoms with Gasteiger partial charge in [-0.15, -0.1) is 0 Å². The summed E-state index contributed by atoms with van der Waals surface area (Å²) in [6.07, 6.45) is 0.229. The highest BCUT2D eigenvalue weighted by molar-refractivity contribution is 14.1. The zero-order valence-electron chi connectivity index (χ0n) is 12.2. The summed E-state index contributed by atoms with van der Waals surface area (Å²) < 4.78 is 5.40. The molecule has 7 nitrogen and oxygen atoms in total. The molecule has 1 aromatic carbocycles. The lowest BCUT2D eigenvalue weighted by Crippen LogP contribution is -2.54. The van der Waals surface area contributed by atoms with Crippen LogP contribution in [0.4, 0.5) is 0 Å². The van der Waals surface area contributed by atoms with Crippen LogP contribution in [0.3, 0.4) is 0 Å². The Balaban J connectivity index is 1.98. The zero-order chi connectivity index (χ0) is 16.7. The number of imide groups is 2. The topological polar surface area (TPSA) is 92.8 Å². The van der Waals surface area contributed by atoms with Crippen LogP contribution in [0.2, 0.25) is 0 Å². The van der Waals surface area contributed by atoms with Crippen LogP contribution >= 0.6 is 22.6 Å². The number of ether oxygens (including phenoxy) is 1. The molecular weight excluding hydrogens is 415 g/mol. The Morgan fingerprint density at radius 3 is 2.65 bits per heavy atom. The number of nitrogens with zero attached hydrogens (tertiary/aromatic N) is 1. The van der Waals surface area contributed by atoms with Gasteiger partial charge in [0.05, 0.1) is 11.1 Å². The second kappa shape index (κ2) is 5.91. The Hall–Kier alpha value is -1.97. The number of benzene rings is 1. The molecule has 120 valence electrons. The molecule has 2 atom stereocenters. The van der Waals surface area contributed by atoms with Gasteiger partial charge in [-0.1, -0.05) is 6.07 Å². The zero-order valence-corrected chi connectivity index (χ0v) is 14.3. The van der Waals surface area contributed by atoms with Crippen LogP contribution in [0.5, 0.6) is 5.75 Å². The molecule has 0 radical (unpaired) electrons. The van der Waals surface area contributed by atoms with Crippen molar-refractivity contribution in [3.63, 3.8) is 0 Å². The summed E-state index contributed by atoms with van der Waals surface area (Å²) in [6, 6.07) is 3.82. The molecule has 2 unspecified atom stereocenters. The van der Waals surface area contributed by atoms with Crippen molar-refractivity contribution < 1.29 is 23.9 Å². The fourth-order valence-electron chi connectivity index (χ4n) is 2.76. The van der Waals surface area contributed by atoms with E-state index in [1.807, 2.05) is 22.6 Å². The molecule has 1 fully saturated rings. The molecular formula is C15H13IN2O5. The summed E-state index contributed by atoms with van der Waals surface area (Å²) in [7, 11) is 0. The molecule has 0 aliphatic carbocycles. The standard InChI is InChI=1S/C15H13IN2O5/c1-7(16)23-10-4-2-3-8-12(10)15(22)18(14(8)21)9-5-6-11(19)17-13(9)20/h2-4,7,9H,5-6H2,1H3,(H,17,19,20). The Labute approximate surface area is 145 Å². The lowest BCUT2D eigenvalue weighted by atomic mass is 10.0. The molecule has 1 aromatic rings. The van der Waals surface area contributed by atoms with Gasteiger partial charge in [-0.05, 0) is 48.1 Å². The van der Waals surface area contributed by atoms with Gasteiger partial charge in [0.2, 0.25) is 11.8 Å². The molecule has 0 saturated carbocycles. The average molecular weight is 428 g/mol. The number of amides is 4. The van der Waals surface area contributed by atoms with Gasteiger partial charge in [-0.3, -0.25) is 29.4 Å². The van der Waals surface area contributed by atoms with Gasteiger partial charge in [-0.25, -0.2) is 0 Å². The van der Waals surface area contributed by atoms with Crippen molar-refractivity contribution in [3.8, 4) is 5.75 Å². The molecule has 8 heteroatoms. The molecule has 2 aliphatic heterocycles. The highest BCUT2D eigenvalue weighted by Crippen LogP contribution is 2.34. The molecule has 2 heterocycles. The van der Waals surface area contributed by atoms with Crippen LogP contribution in [0, 0.1) is 0 Å². The number of nitrogens with one attached hydrogen (secondary N) is 1. The molecule has 1 saturated heterocycles. The number of fused-ring (bicyclic) bond motifs is 1. The van der Waals surface area contributed by atoms with Crippen LogP contribution in [0.25, 0.3) is 0 Å². The second-order valence-electron chi connectivity index (χ2n) is 5.29. The predicted molar refractivity (Wildman–Crippen MR) is 87.2 cm³/mol. The van der Waals surface area contributed by atoms with Gasteiger partial charge in [0.15, 0.2) is 0 Å². The van der Waals surface area contributed by atoms with Crippen molar-refractivity contribution in [1.82, 2.24) is 10.2 Å². The lowest BCUT2D eigenvalue weighted by Gasteiger charge is -2.27. The molecule has 3 rings (SSSR count). The maximum atomic E-state index is 12.7. The summed E-state index contributed by atoms with van der Waals surface area (Å²) in [4.78, 5) is 49.4. The predicted octanol–water partition coefficient (Wildman–Crippen LogP) is 1.25. The van der Waals surface area contributed by atoms with Crippen LogP contribution in [-0.2, 0) is 9.59 Å². The highest BCUT2D eigenvalue weighted by Gasteiger charge is 2.46. The number of hydrogen-bond donors (Lipinski definition) is 1. The van der Waals surface area contributed by atoms with E-state index in [1.165, 1.54) is 6.07 Å². The van der Waals surface area contributed by atoms with Gasteiger partial charge >= 0.3 is 0 Å². The molecule has 23 heavy (non-hydrogen) atoms. The van der Waals surface area contributed by atoms with Crippen LogP contribution in [0.1, 0.15) is 40.5 Å². The van der Waals surface area contributed by atoms with E-state index in [1.54, 1.807) is 19.1 Å². The van der Waals surface area contributed by atoms with Crippen molar-refractivity contribution in [3.05, 3.63) is 29.3 Å². The van der Waals surface area contributed by atoms with Crippen LogP contribution < -0.4 is 10.1 Å². The van der Waals surface area contributed by atoms with Crippen molar-refractivity contribution in [2.45, 2.75) is 29.9 Å². The largest absolute Gasteiger partial charge is 0.480 e. The Morgan fingerprint density at radius 1 is 1.26 bits per heavy atom. The molecule has 4 amide bonds. The first-order chi connectivity index (χ1) is 10.9. The van der Waals surface area contributed by atoms with Gasteiger partial charge < -0.3 is 4.74 Å². The molecule has 0 spiro atoms. The number of halogens is 1. The van der Waals surface area contributed by atoms with E-state index >= 15 is 0 Å². The van der Waals surface area contributed by atoms with Crippen LogP contribution in [-0.4, -0.2) is 38.7 Å². The summed E-state index contributed by atoms with van der Waals surface area (Å²) in [6.45, 7) is 1.80. The Kier molecular flexibility index (Phi) is 4.09. The van der Waals surface area contributed by atoms with E-state index in [2.05, 4.69) is 5.32 Å². The number of rotatable bonds is 3. The van der Waals surface area contributed by atoms with E-state index in [4.69, 9.17) is 4.74 Å². The Morgan fingerprint density at radius 2 is 2.00 bits per heavy atom. The van der Waals surface area contributed by atoms with Crippen molar-refractivity contribution >= 4 is 46.2 Å². The maximum absolute atomic E-state index is 12.7. The average Bonchev–Trinajstić information content (AvgIpc) is 2.72. The fraction of sp³-hybridized carbons (Fsp3) is 0.333. The normalized spacial score (nSPS) is 22.0. The lowest BCUT2D eigenvalue weighted by molar-refractivity contribution is -0.136. The van der Waals surface area contributed by atoms with E-state index in [9.17, 15) is 19.2 Å². The minimum Gasteiger partial charge on any atom is -0.480 e. The number of alkyl halides is 1. The van der Waals surface area contributed by atoms with E-state index in [-0.39, 0.29) is 28.1 Å². The number of hydrogen-bond acceptors (Lipinski definition) is 5. The van der Waals surface area contributed by atoms with Gasteiger partial charge in [0.1, 0.15) is 15.9 Å². The first-order valence-electron chi connectivity index (χ1n) is 7.05. The number of piperidine rings is 1. The molecule has 0 bridgehead atoms. The first kappa shape index (κ1) is 15.9. The minimum atomic E-state index is -0.968. The fourth-order valence-corrected chi connectivity index (χ4v) is 3.03. The Bertz CT molecular complexity index is 731. The third-order valence-corrected chi connectivity index (χ3v) is 3.97. The second-order valence-corrected chi connectivity index (χ2v) is 7.04. The van der Waals surface area contributed by atoms with Crippen molar-refractivity contribution in [2.75, 3.05) is 0 Å². The van der Waals surface area contributed by atoms with E-state index in [0.29, 0.717) is 5.75 Å². The summed E-state index contributed by atoms with van der Waals surface area (Å²) in [5.41, 5.74) is 0.389. The molecule has 2 aliphatic rings. The summed E-state index contributed by atoms with van der Waals surface area (Å²) >= 11 is 2.04. The summed E-state index contributed by atoms with van der Waals surface area (Å²) in [5, 5.41) is 2.16. The summed E-state index contributed by atoms with van der Waals surface area (Å²) in [5.74, 6) is -1.80. The monoisotopic (exact) mass is 428 g/mol. The number of carbonyl (C=O) groups excluding carboxylic acids is 4. The third kappa shape index (κ3) is 2.71. The quantitative estimate of drug-likeness (QED) is 0.445. The minimum absolute atomic E-state index is 0.0952. The van der Waals surface area contributed by atoms with Crippen LogP contribution in [0.15, 0.2) is 18.2 Å². The first-order valence-corrected chi connectivity index (χ1v) is 8.30.